The Kier molecular flexibility index (Phi) is 18.4. The number of hydrogen-bond donors (Lipinski definition) is 8. The molecule has 0 aliphatic heterocycles. The van der Waals surface area contributed by atoms with Crippen molar-refractivity contribution >= 4 is 41.4 Å². The van der Waals surface area contributed by atoms with Crippen LogP contribution in [0.2, 0.25) is 0 Å². The minimum atomic E-state index is -1.35. The maximum absolute atomic E-state index is 13.1. The number of aliphatic carboxylic acids is 1. The van der Waals surface area contributed by atoms with Gasteiger partial charge in [-0.15, -0.1) is 0 Å². The molecule has 0 radical (unpaired) electrons. The first kappa shape index (κ1) is 33.6. The zero-order chi connectivity index (χ0) is 27.5. The Labute approximate surface area is 216 Å². The largest absolute Gasteiger partial charge is 0.480 e. The predicted molar refractivity (Wildman–Crippen MR) is 139 cm³/mol. The molecule has 14 heteroatoms. The van der Waals surface area contributed by atoms with E-state index in [9.17, 15) is 29.1 Å². The van der Waals surface area contributed by atoms with Crippen LogP contribution in [-0.2, 0) is 24.0 Å². The summed E-state index contributed by atoms with van der Waals surface area (Å²) in [5, 5.41) is 17.0. The Bertz CT molecular complexity index is 712. The van der Waals surface area contributed by atoms with Crippen LogP contribution in [0.4, 0.5) is 0 Å². The molecule has 0 aromatic heterocycles. The minimum Gasteiger partial charge on any atom is -0.480 e. The number of carboxylic acid groups (broad SMARTS) is 1. The highest BCUT2D eigenvalue weighted by Crippen LogP contribution is 2.08. The molecule has 4 amide bonds. The first-order valence-electron chi connectivity index (χ1n) is 12.1. The van der Waals surface area contributed by atoms with E-state index < -0.39 is 53.8 Å². The van der Waals surface area contributed by atoms with Gasteiger partial charge in [0.1, 0.15) is 18.1 Å². The van der Waals surface area contributed by atoms with E-state index in [1.165, 1.54) is 0 Å². The maximum Gasteiger partial charge on any atom is 0.326 e. The van der Waals surface area contributed by atoms with Crippen molar-refractivity contribution in [3.05, 3.63) is 0 Å². The standard InChI is InChI=1S/C22H43N7O6S/c1-36-13-10-14(25)19(31)27-15(6-2-4-11-23)20(32)28-16(7-3-5-12-24)21(33)29-17(22(34)35)8-9-18(26)30/h14-17H,2-13,23-25H2,1H3,(H2,26,30)(H,27,31)(H,28,32)(H,29,33)(H,34,35). The molecule has 0 spiro atoms. The molecular weight excluding hydrogens is 490 g/mol. The second-order valence-electron chi connectivity index (χ2n) is 8.48. The highest BCUT2D eigenvalue weighted by Gasteiger charge is 2.30. The number of rotatable bonds is 21. The topological polar surface area (TPSA) is 246 Å². The first-order valence-corrected chi connectivity index (χ1v) is 13.5. The molecule has 0 aliphatic carbocycles. The molecular formula is C22H43N7O6S. The average Bonchev–Trinajstić information content (AvgIpc) is 2.83. The lowest BCUT2D eigenvalue weighted by Gasteiger charge is -2.25. The molecule has 0 aliphatic rings. The Morgan fingerprint density at radius 2 is 1.22 bits per heavy atom. The fourth-order valence-electron chi connectivity index (χ4n) is 3.27. The summed E-state index contributed by atoms with van der Waals surface area (Å²) in [5.74, 6) is -3.13. The van der Waals surface area contributed by atoms with Gasteiger partial charge in [-0.2, -0.15) is 11.8 Å². The third kappa shape index (κ3) is 14.9. The molecule has 0 aromatic rings. The highest BCUT2D eigenvalue weighted by molar-refractivity contribution is 7.98. The van der Waals surface area contributed by atoms with E-state index in [0.29, 0.717) is 50.9 Å². The van der Waals surface area contributed by atoms with Crippen LogP contribution in [0.25, 0.3) is 0 Å². The zero-order valence-electron chi connectivity index (χ0n) is 21.0. The average molecular weight is 534 g/mol. The molecule has 0 aromatic carbocycles. The number of nitrogens with one attached hydrogen (secondary N) is 3. The molecule has 0 saturated heterocycles. The van der Waals surface area contributed by atoms with Gasteiger partial charge in [0.15, 0.2) is 0 Å². The number of nitrogens with two attached hydrogens (primary N) is 4. The van der Waals surface area contributed by atoms with Crippen LogP contribution in [-0.4, -0.2) is 84.0 Å². The van der Waals surface area contributed by atoms with Gasteiger partial charge in [0.2, 0.25) is 23.6 Å². The van der Waals surface area contributed by atoms with Gasteiger partial charge in [-0.3, -0.25) is 19.2 Å². The summed E-state index contributed by atoms with van der Waals surface area (Å²) < 4.78 is 0. The van der Waals surface area contributed by atoms with Crippen LogP contribution in [0.1, 0.15) is 57.8 Å². The number of carbonyl (C=O) groups excluding carboxylic acids is 4. The van der Waals surface area contributed by atoms with Gasteiger partial charge in [-0.05, 0) is 76.5 Å². The summed E-state index contributed by atoms with van der Waals surface area (Å²) in [4.78, 5) is 61.1. The van der Waals surface area contributed by atoms with E-state index in [-0.39, 0.29) is 25.7 Å². The van der Waals surface area contributed by atoms with Gasteiger partial charge < -0.3 is 44.0 Å². The van der Waals surface area contributed by atoms with Crippen molar-refractivity contribution < 1.29 is 29.1 Å². The monoisotopic (exact) mass is 533 g/mol. The molecule has 4 atom stereocenters. The van der Waals surface area contributed by atoms with Crippen LogP contribution in [0.5, 0.6) is 0 Å². The molecule has 36 heavy (non-hydrogen) atoms. The Balaban J connectivity index is 5.49. The van der Waals surface area contributed by atoms with Gasteiger partial charge in [-0.1, -0.05) is 0 Å². The maximum atomic E-state index is 13.1. The predicted octanol–water partition coefficient (Wildman–Crippen LogP) is -1.87. The number of carbonyl (C=O) groups is 5. The third-order valence-electron chi connectivity index (χ3n) is 5.42. The lowest BCUT2D eigenvalue weighted by molar-refractivity contribution is -0.142. The quantitative estimate of drug-likeness (QED) is 0.0763. The van der Waals surface area contributed by atoms with Crippen molar-refractivity contribution in [3.63, 3.8) is 0 Å². The normalized spacial score (nSPS) is 14.2. The molecule has 0 rings (SSSR count). The van der Waals surface area contributed by atoms with Crippen molar-refractivity contribution in [2.45, 2.75) is 82.0 Å². The summed E-state index contributed by atoms with van der Waals surface area (Å²) in [6.45, 7) is 0.797. The minimum absolute atomic E-state index is 0.189. The molecule has 0 bridgehead atoms. The van der Waals surface area contributed by atoms with E-state index in [1.807, 2.05) is 6.26 Å². The molecule has 13 nitrogen and oxygen atoms in total. The zero-order valence-corrected chi connectivity index (χ0v) is 21.8. The number of thioether (sulfide) groups is 1. The van der Waals surface area contributed by atoms with E-state index in [1.54, 1.807) is 11.8 Å². The van der Waals surface area contributed by atoms with Crippen LogP contribution in [0.15, 0.2) is 0 Å². The molecule has 0 fully saturated rings. The lowest BCUT2D eigenvalue weighted by atomic mass is 10.0. The van der Waals surface area contributed by atoms with Gasteiger partial charge in [0, 0.05) is 6.42 Å². The second kappa shape index (κ2) is 19.7. The van der Waals surface area contributed by atoms with E-state index >= 15 is 0 Å². The Morgan fingerprint density at radius 1 is 0.750 bits per heavy atom. The lowest BCUT2D eigenvalue weighted by Crippen LogP contribution is -2.57. The van der Waals surface area contributed by atoms with Gasteiger partial charge in [0.25, 0.3) is 0 Å². The number of carboxylic acids is 1. The summed E-state index contributed by atoms with van der Waals surface area (Å²) >= 11 is 1.55. The van der Waals surface area contributed by atoms with E-state index in [0.717, 1.165) is 0 Å². The van der Waals surface area contributed by atoms with Gasteiger partial charge >= 0.3 is 5.97 Å². The van der Waals surface area contributed by atoms with Crippen molar-refractivity contribution in [2.24, 2.45) is 22.9 Å². The van der Waals surface area contributed by atoms with Crippen molar-refractivity contribution in [1.29, 1.82) is 0 Å². The summed E-state index contributed by atoms with van der Waals surface area (Å²) in [7, 11) is 0. The SMILES string of the molecule is CSCCC(N)C(=O)NC(CCCCN)C(=O)NC(CCCCN)C(=O)NC(CCC(N)=O)C(=O)O. The molecule has 12 N–H and O–H groups in total. The van der Waals surface area contributed by atoms with Crippen LogP contribution < -0.4 is 38.9 Å². The highest BCUT2D eigenvalue weighted by atomic mass is 32.2. The summed E-state index contributed by atoms with van der Waals surface area (Å²) in [5.41, 5.74) is 22.1. The molecule has 0 saturated carbocycles. The van der Waals surface area contributed by atoms with Gasteiger partial charge in [-0.25, -0.2) is 4.79 Å². The summed E-state index contributed by atoms with van der Waals surface area (Å²) in [6.07, 6.45) is 4.70. The van der Waals surface area contributed by atoms with Crippen molar-refractivity contribution in [3.8, 4) is 0 Å². The molecule has 208 valence electrons. The van der Waals surface area contributed by atoms with Crippen LogP contribution in [0.3, 0.4) is 0 Å². The van der Waals surface area contributed by atoms with Crippen molar-refractivity contribution in [2.75, 3.05) is 25.1 Å². The fraction of sp³-hybridized carbons (Fsp3) is 0.773. The number of primary amides is 1. The first-order chi connectivity index (χ1) is 17.1. The molecule has 4 unspecified atom stereocenters. The third-order valence-corrected chi connectivity index (χ3v) is 6.07. The number of hydrogen-bond acceptors (Lipinski definition) is 9. The van der Waals surface area contributed by atoms with E-state index in [2.05, 4.69) is 16.0 Å². The Hall–Kier alpha value is -2.42. The van der Waals surface area contributed by atoms with Crippen LogP contribution >= 0.6 is 11.8 Å². The summed E-state index contributed by atoms with van der Waals surface area (Å²) in [6, 6.07) is -4.15. The van der Waals surface area contributed by atoms with Gasteiger partial charge in [0.05, 0.1) is 6.04 Å². The van der Waals surface area contributed by atoms with Crippen molar-refractivity contribution in [1.82, 2.24) is 16.0 Å². The second-order valence-corrected chi connectivity index (χ2v) is 9.47. The molecule has 0 heterocycles. The van der Waals surface area contributed by atoms with Crippen LogP contribution in [0, 0.1) is 0 Å². The van der Waals surface area contributed by atoms with E-state index in [4.69, 9.17) is 22.9 Å². The Morgan fingerprint density at radius 3 is 1.64 bits per heavy atom. The fourth-order valence-corrected chi connectivity index (χ4v) is 3.76. The number of amides is 4. The number of unbranched alkanes of at least 4 members (excludes halogenated alkanes) is 2. The smallest absolute Gasteiger partial charge is 0.326 e.